The van der Waals surface area contributed by atoms with E-state index in [2.05, 4.69) is 17.1 Å². The number of hydrogen-bond donors (Lipinski definition) is 1. The highest BCUT2D eigenvalue weighted by atomic mass is 32.1. The van der Waals surface area contributed by atoms with Crippen molar-refractivity contribution >= 4 is 17.3 Å². The van der Waals surface area contributed by atoms with Gasteiger partial charge in [0.25, 0.3) is 0 Å². The molecule has 140 valence electrons. The minimum absolute atomic E-state index is 0.672. The molecule has 0 aliphatic heterocycles. The largest absolute Gasteiger partial charge is 0.497 e. The zero-order chi connectivity index (χ0) is 18.9. The van der Waals surface area contributed by atoms with Crippen molar-refractivity contribution in [3.8, 4) is 17.2 Å². The summed E-state index contributed by atoms with van der Waals surface area (Å²) in [6, 6.07) is 13.9. The Hall–Kier alpha value is -2.47. The van der Waals surface area contributed by atoms with Gasteiger partial charge in [0.05, 0.1) is 21.3 Å². The first-order chi connectivity index (χ1) is 12.6. The third-order valence-electron chi connectivity index (χ3n) is 4.09. The second-order valence-corrected chi connectivity index (χ2v) is 6.10. The van der Waals surface area contributed by atoms with Crippen LogP contribution in [0.2, 0.25) is 0 Å². The van der Waals surface area contributed by atoms with Gasteiger partial charge in [-0.05, 0) is 54.5 Å². The fraction of sp³-hybridized carbons (Fsp3) is 0.350. The van der Waals surface area contributed by atoms with Crippen LogP contribution in [0.4, 0.5) is 0 Å². The average molecular weight is 375 g/mol. The minimum Gasteiger partial charge on any atom is -0.497 e. The number of benzene rings is 2. The van der Waals surface area contributed by atoms with Crippen LogP contribution in [-0.2, 0) is 13.1 Å². The summed E-state index contributed by atoms with van der Waals surface area (Å²) < 4.78 is 15.8. The molecule has 2 aromatic rings. The molecule has 0 saturated heterocycles. The van der Waals surface area contributed by atoms with E-state index in [-0.39, 0.29) is 0 Å². The van der Waals surface area contributed by atoms with Gasteiger partial charge in [-0.1, -0.05) is 18.2 Å². The molecule has 26 heavy (non-hydrogen) atoms. The Morgan fingerprint density at radius 2 is 1.58 bits per heavy atom. The SMILES string of the molecule is CCN(Cc1ccc(OC)c(OC)c1)C(=S)NCc1ccc(OC)cc1. The molecule has 6 heteroatoms. The van der Waals surface area contributed by atoms with E-state index < -0.39 is 0 Å². The Morgan fingerprint density at radius 1 is 0.923 bits per heavy atom. The maximum absolute atomic E-state index is 5.57. The lowest BCUT2D eigenvalue weighted by molar-refractivity contribution is 0.353. The van der Waals surface area contributed by atoms with Crippen LogP contribution in [0.5, 0.6) is 17.2 Å². The Labute approximate surface area is 160 Å². The zero-order valence-corrected chi connectivity index (χ0v) is 16.6. The lowest BCUT2D eigenvalue weighted by Crippen LogP contribution is -2.38. The van der Waals surface area contributed by atoms with Gasteiger partial charge in [-0.25, -0.2) is 0 Å². The van der Waals surface area contributed by atoms with Crippen LogP contribution in [0, 0.1) is 0 Å². The van der Waals surface area contributed by atoms with E-state index in [1.807, 2.05) is 42.5 Å². The number of ether oxygens (including phenoxy) is 3. The highest BCUT2D eigenvalue weighted by Gasteiger charge is 2.11. The molecule has 0 radical (unpaired) electrons. The highest BCUT2D eigenvalue weighted by molar-refractivity contribution is 7.80. The van der Waals surface area contributed by atoms with E-state index in [9.17, 15) is 0 Å². The number of hydrogen-bond acceptors (Lipinski definition) is 4. The molecule has 0 fully saturated rings. The summed E-state index contributed by atoms with van der Waals surface area (Å²) in [6.45, 7) is 4.27. The number of thiocarbonyl (C=S) groups is 1. The van der Waals surface area contributed by atoms with E-state index in [4.69, 9.17) is 26.4 Å². The van der Waals surface area contributed by atoms with Gasteiger partial charge < -0.3 is 24.4 Å². The van der Waals surface area contributed by atoms with Crippen molar-refractivity contribution in [1.82, 2.24) is 10.2 Å². The van der Waals surface area contributed by atoms with Gasteiger partial charge in [0.1, 0.15) is 5.75 Å². The predicted molar refractivity (Wildman–Crippen MR) is 108 cm³/mol. The fourth-order valence-electron chi connectivity index (χ4n) is 2.56. The monoisotopic (exact) mass is 374 g/mol. The molecule has 2 rings (SSSR count). The molecule has 0 unspecified atom stereocenters. The minimum atomic E-state index is 0.672. The first-order valence-electron chi connectivity index (χ1n) is 8.47. The molecule has 0 aromatic heterocycles. The van der Waals surface area contributed by atoms with Gasteiger partial charge in [-0.3, -0.25) is 0 Å². The molecule has 0 heterocycles. The summed E-state index contributed by atoms with van der Waals surface area (Å²) in [5.41, 5.74) is 2.26. The normalized spacial score (nSPS) is 10.2. The summed E-state index contributed by atoms with van der Waals surface area (Å²) in [4.78, 5) is 2.11. The van der Waals surface area contributed by atoms with Crippen molar-refractivity contribution in [2.24, 2.45) is 0 Å². The molecule has 0 aliphatic rings. The maximum atomic E-state index is 5.57. The second kappa shape index (κ2) is 9.87. The van der Waals surface area contributed by atoms with Crippen LogP contribution < -0.4 is 19.5 Å². The standard InChI is InChI=1S/C20H26N2O3S/c1-5-22(14-16-8-11-18(24-3)19(12-16)25-4)20(26)21-13-15-6-9-17(23-2)10-7-15/h6-12H,5,13-14H2,1-4H3,(H,21,26). The third kappa shape index (κ3) is 5.26. The van der Waals surface area contributed by atoms with Crippen LogP contribution in [-0.4, -0.2) is 37.9 Å². The van der Waals surface area contributed by atoms with Gasteiger partial charge in [0, 0.05) is 19.6 Å². The average Bonchev–Trinajstić information content (AvgIpc) is 2.70. The number of nitrogens with one attached hydrogen (secondary N) is 1. The van der Waals surface area contributed by atoms with Crippen molar-refractivity contribution in [2.75, 3.05) is 27.9 Å². The smallest absolute Gasteiger partial charge is 0.169 e. The van der Waals surface area contributed by atoms with Gasteiger partial charge in [0.2, 0.25) is 0 Å². The second-order valence-electron chi connectivity index (χ2n) is 5.71. The Bertz CT molecular complexity index is 719. The summed E-state index contributed by atoms with van der Waals surface area (Å²) >= 11 is 5.57. The van der Waals surface area contributed by atoms with Crippen molar-refractivity contribution in [3.05, 3.63) is 53.6 Å². The van der Waals surface area contributed by atoms with E-state index >= 15 is 0 Å². The fourth-order valence-corrected chi connectivity index (χ4v) is 2.83. The van der Waals surface area contributed by atoms with Crippen LogP contribution in [0.3, 0.4) is 0 Å². The van der Waals surface area contributed by atoms with E-state index in [1.165, 1.54) is 0 Å². The molecular formula is C20H26N2O3S. The molecule has 2 aromatic carbocycles. The van der Waals surface area contributed by atoms with Gasteiger partial charge in [-0.2, -0.15) is 0 Å². The molecule has 0 aliphatic carbocycles. The van der Waals surface area contributed by atoms with Crippen molar-refractivity contribution in [3.63, 3.8) is 0 Å². The summed E-state index contributed by atoms with van der Waals surface area (Å²) in [6.07, 6.45) is 0. The number of nitrogens with zero attached hydrogens (tertiary/aromatic N) is 1. The highest BCUT2D eigenvalue weighted by Crippen LogP contribution is 2.28. The quantitative estimate of drug-likeness (QED) is 0.712. The number of rotatable bonds is 8. The van der Waals surface area contributed by atoms with Crippen molar-refractivity contribution in [1.29, 1.82) is 0 Å². The predicted octanol–water partition coefficient (Wildman–Crippen LogP) is 3.61. The summed E-state index contributed by atoms with van der Waals surface area (Å²) in [5.74, 6) is 2.29. The van der Waals surface area contributed by atoms with Crippen LogP contribution in [0.1, 0.15) is 18.1 Å². The molecule has 5 nitrogen and oxygen atoms in total. The zero-order valence-electron chi connectivity index (χ0n) is 15.7. The molecular weight excluding hydrogens is 348 g/mol. The molecule has 0 amide bonds. The number of methoxy groups -OCH3 is 3. The van der Waals surface area contributed by atoms with Gasteiger partial charge in [-0.15, -0.1) is 0 Å². The Balaban J connectivity index is 1.97. The molecule has 1 N–H and O–H groups in total. The van der Waals surface area contributed by atoms with Gasteiger partial charge >= 0.3 is 0 Å². The van der Waals surface area contributed by atoms with Gasteiger partial charge in [0.15, 0.2) is 16.6 Å². The first-order valence-corrected chi connectivity index (χ1v) is 8.88. The maximum Gasteiger partial charge on any atom is 0.169 e. The first kappa shape index (κ1) is 19.8. The van der Waals surface area contributed by atoms with Crippen LogP contribution in [0.15, 0.2) is 42.5 Å². The third-order valence-corrected chi connectivity index (χ3v) is 4.50. The Kier molecular flexibility index (Phi) is 7.53. The van der Waals surface area contributed by atoms with Crippen molar-refractivity contribution in [2.45, 2.75) is 20.0 Å². The molecule has 0 saturated carbocycles. The lowest BCUT2D eigenvalue weighted by atomic mass is 10.2. The van der Waals surface area contributed by atoms with Crippen molar-refractivity contribution < 1.29 is 14.2 Å². The topological polar surface area (TPSA) is 43.0 Å². The van der Waals surface area contributed by atoms with Crippen LogP contribution in [0.25, 0.3) is 0 Å². The molecule has 0 spiro atoms. The van der Waals surface area contributed by atoms with E-state index in [0.717, 1.165) is 40.0 Å². The molecule has 0 bridgehead atoms. The lowest BCUT2D eigenvalue weighted by Gasteiger charge is -2.25. The van der Waals surface area contributed by atoms with Crippen LogP contribution >= 0.6 is 12.2 Å². The summed E-state index contributed by atoms with van der Waals surface area (Å²) in [5, 5.41) is 4.04. The summed E-state index contributed by atoms with van der Waals surface area (Å²) in [7, 11) is 4.93. The Morgan fingerprint density at radius 3 is 2.15 bits per heavy atom. The van der Waals surface area contributed by atoms with E-state index in [0.29, 0.717) is 13.1 Å². The molecule has 0 atom stereocenters. The van der Waals surface area contributed by atoms with E-state index in [1.54, 1.807) is 21.3 Å².